The molecule has 46 heavy (non-hydrogen) atoms. The van der Waals surface area contributed by atoms with Crippen LogP contribution in [0.3, 0.4) is 0 Å². The van der Waals surface area contributed by atoms with Crippen molar-refractivity contribution in [3.8, 4) is 5.75 Å². The summed E-state index contributed by atoms with van der Waals surface area (Å²) in [5.74, 6) is -0.924. The van der Waals surface area contributed by atoms with Crippen molar-refractivity contribution in [3.63, 3.8) is 0 Å². The van der Waals surface area contributed by atoms with Crippen LogP contribution in [0.1, 0.15) is 72.8 Å². The number of carbonyl (C=O) groups excluding carboxylic acids is 3. The molecule has 7 unspecified atom stereocenters. The number of halogens is 1. The van der Waals surface area contributed by atoms with E-state index in [-0.39, 0.29) is 23.8 Å². The van der Waals surface area contributed by atoms with Crippen LogP contribution in [-0.2, 0) is 30.2 Å². The number of carbonyl (C=O) groups is 3. The van der Waals surface area contributed by atoms with E-state index in [2.05, 4.69) is 5.32 Å². The highest BCUT2D eigenvalue weighted by Crippen LogP contribution is 2.49. The molecule has 11 nitrogen and oxygen atoms in total. The highest BCUT2D eigenvalue weighted by Gasteiger charge is 2.64. The molecule has 4 rings (SSSR count). The number of allylic oxidation sites excluding steroid dienone is 3. The number of esters is 1. The summed E-state index contributed by atoms with van der Waals surface area (Å²) >= 11 is 6.71. The van der Waals surface area contributed by atoms with E-state index in [1.807, 2.05) is 27.7 Å². The van der Waals surface area contributed by atoms with Crippen LogP contribution >= 0.6 is 11.6 Å². The van der Waals surface area contributed by atoms with E-state index in [9.17, 15) is 24.6 Å². The second kappa shape index (κ2) is 13.5. The lowest BCUT2D eigenvalue weighted by molar-refractivity contribution is -0.165. The topological polar surface area (TPSA) is 147 Å². The summed E-state index contributed by atoms with van der Waals surface area (Å²) in [6.07, 6.45) is 1.17. The van der Waals surface area contributed by atoms with E-state index in [0.717, 1.165) is 11.1 Å². The Labute approximate surface area is 275 Å². The summed E-state index contributed by atoms with van der Waals surface area (Å²) in [6.45, 7) is 11.1. The fourth-order valence-corrected chi connectivity index (χ4v) is 6.47. The number of methoxy groups -OCH3 is 1. The second-order valence-electron chi connectivity index (χ2n) is 13.2. The van der Waals surface area contributed by atoms with Gasteiger partial charge in [-0.3, -0.25) is 14.9 Å². The van der Waals surface area contributed by atoms with Gasteiger partial charge in [-0.25, -0.2) is 4.79 Å². The zero-order valence-corrected chi connectivity index (χ0v) is 28.6. The summed E-state index contributed by atoms with van der Waals surface area (Å²) in [5, 5.41) is 24.9. The molecule has 2 amide bonds. The van der Waals surface area contributed by atoms with Gasteiger partial charge in [0.05, 0.1) is 30.7 Å². The molecule has 3 aliphatic heterocycles. The Bertz CT molecular complexity index is 1410. The van der Waals surface area contributed by atoms with Crippen molar-refractivity contribution < 1.29 is 43.5 Å². The lowest BCUT2D eigenvalue weighted by atomic mass is 9.83. The minimum Gasteiger partial charge on any atom is -0.495 e. The summed E-state index contributed by atoms with van der Waals surface area (Å²) in [4.78, 5) is 41.5. The Morgan fingerprint density at radius 2 is 1.93 bits per heavy atom. The number of aliphatic hydroxyl groups is 2. The fourth-order valence-electron chi connectivity index (χ4n) is 6.15. The van der Waals surface area contributed by atoms with Crippen LogP contribution < -0.4 is 15.0 Å². The molecule has 0 spiro atoms. The number of benzene rings is 1. The molecule has 0 aliphatic carbocycles. The van der Waals surface area contributed by atoms with Gasteiger partial charge in [0.15, 0.2) is 5.72 Å². The van der Waals surface area contributed by atoms with Crippen molar-refractivity contribution in [1.82, 2.24) is 5.32 Å². The van der Waals surface area contributed by atoms with Crippen LogP contribution in [0.15, 0.2) is 35.9 Å². The molecular weight excluding hydrogens is 616 g/mol. The summed E-state index contributed by atoms with van der Waals surface area (Å²) in [7, 11) is 3.10. The van der Waals surface area contributed by atoms with Gasteiger partial charge >= 0.3 is 12.1 Å². The minimum atomic E-state index is -2.01. The maximum Gasteiger partial charge on any atom is 0.409 e. The van der Waals surface area contributed by atoms with Crippen molar-refractivity contribution >= 4 is 35.3 Å². The van der Waals surface area contributed by atoms with E-state index < -0.39 is 59.1 Å². The lowest BCUT2D eigenvalue weighted by Crippen LogP contribution is -2.63. The zero-order chi connectivity index (χ0) is 34.2. The molecule has 2 saturated heterocycles. The SMILES string of the molecule is CCC(C)(CC)C(=O)OC1CC(=O)N(C)c2cc(cc(OC)c2Cl)CC(C)=CC=CC(O)C2(O)CC(OC(=O)N2)C(C)C2OC12C. The van der Waals surface area contributed by atoms with E-state index in [4.69, 9.17) is 30.5 Å². The lowest BCUT2D eigenvalue weighted by Gasteiger charge is -2.41. The Hall–Kier alpha value is -3.12. The fraction of sp³-hybridized carbons (Fsp3) is 0.618. The first-order chi connectivity index (χ1) is 21.5. The second-order valence-corrected chi connectivity index (χ2v) is 13.6. The quantitative estimate of drug-likeness (QED) is 0.298. The monoisotopic (exact) mass is 662 g/mol. The third-order valence-electron chi connectivity index (χ3n) is 10.0. The Kier molecular flexibility index (Phi) is 10.5. The molecule has 1 aromatic carbocycles. The maximum atomic E-state index is 14.0. The summed E-state index contributed by atoms with van der Waals surface area (Å²) in [6, 6.07) is 3.59. The van der Waals surface area contributed by atoms with Crippen molar-refractivity contribution in [3.05, 3.63) is 46.5 Å². The average Bonchev–Trinajstić information content (AvgIpc) is 3.71. The largest absolute Gasteiger partial charge is 0.495 e. The van der Waals surface area contributed by atoms with Gasteiger partial charge in [0.1, 0.15) is 34.7 Å². The van der Waals surface area contributed by atoms with Gasteiger partial charge < -0.3 is 34.1 Å². The molecule has 254 valence electrons. The van der Waals surface area contributed by atoms with Crippen LogP contribution in [0.2, 0.25) is 5.02 Å². The highest BCUT2D eigenvalue weighted by atomic mass is 35.5. The van der Waals surface area contributed by atoms with Crippen LogP contribution in [0.25, 0.3) is 0 Å². The Morgan fingerprint density at radius 3 is 2.57 bits per heavy atom. The van der Waals surface area contributed by atoms with Gasteiger partial charge in [0, 0.05) is 19.4 Å². The molecule has 1 aromatic rings. The van der Waals surface area contributed by atoms with Gasteiger partial charge in [-0.15, -0.1) is 0 Å². The number of epoxide rings is 1. The Morgan fingerprint density at radius 1 is 1.26 bits per heavy atom. The predicted molar refractivity (Wildman–Crippen MR) is 173 cm³/mol. The third kappa shape index (κ3) is 7.07. The van der Waals surface area contributed by atoms with E-state index >= 15 is 0 Å². The summed E-state index contributed by atoms with van der Waals surface area (Å²) in [5.41, 5.74) is -1.76. The zero-order valence-electron chi connectivity index (χ0n) is 27.9. The van der Waals surface area contributed by atoms with Gasteiger partial charge in [0.2, 0.25) is 5.91 Å². The van der Waals surface area contributed by atoms with Crippen molar-refractivity contribution in [1.29, 1.82) is 0 Å². The third-order valence-corrected chi connectivity index (χ3v) is 10.4. The standard InChI is InChI=1S/C34H47ClN2O9/c1-9-32(5,10-2)30(40)45-26-17-27(39)37(7)22-15-21(16-23(43-8)28(22)35)14-19(3)12-11-13-25(38)34(42)18-24(44-31(41)36-34)20(4)29-33(26,6)46-29/h11-13,15-16,20,24-26,29,38,42H,9-10,14,17-18H2,1-8H3,(H,36,41). The molecular formula is C34H47ClN2O9. The molecule has 12 heteroatoms. The number of nitrogens with zero attached hydrogens (tertiary/aromatic N) is 1. The van der Waals surface area contributed by atoms with Crippen molar-refractivity contribution in [2.45, 2.75) is 109 Å². The molecule has 0 saturated carbocycles. The first-order valence-electron chi connectivity index (χ1n) is 15.8. The molecule has 0 radical (unpaired) electrons. The number of nitrogens with one attached hydrogen (secondary N) is 1. The predicted octanol–water partition coefficient (Wildman–Crippen LogP) is 4.84. The number of aliphatic hydroxyl groups excluding tert-OH is 1. The number of hydrogen-bond acceptors (Lipinski definition) is 9. The van der Waals surface area contributed by atoms with Crippen LogP contribution in [0.5, 0.6) is 5.75 Å². The Balaban J connectivity index is 1.80. The number of fused-ring (bicyclic) bond motifs is 5. The first-order valence-corrected chi connectivity index (χ1v) is 16.1. The molecule has 3 aliphatic rings. The van der Waals surface area contributed by atoms with Gasteiger partial charge in [-0.2, -0.15) is 0 Å². The minimum absolute atomic E-state index is 0.135. The van der Waals surface area contributed by atoms with Crippen molar-refractivity contribution in [2.24, 2.45) is 11.3 Å². The molecule has 2 fully saturated rings. The van der Waals surface area contributed by atoms with Gasteiger partial charge in [-0.1, -0.05) is 56.2 Å². The van der Waals surface area contributed by atoms with Crippen LogP contribution in [0, 0.1) is 11.3 Å². The number of amides is 2. The number of hydrogen-bond donors (Lipinski definition) is 3. The number of alkyl carbamates (subject to hydrolysis) is 1. The average molecular weight is 663 g/mol. The van der Waals surface area contributed by atoms with Crippen LogP contribution in [0.4, 0.5) is 10.5 Å². The molecule has 0 aromatic heterocycles. The smallest absolute Gasteiger partial charge is 0.409 e. The normalized spacial score (nSPS) is 32.1. The number of rotatable bonds is 5. The molecule has 3 heterocycles. The van der Waals surface area contributed by atoms with E-state index in [1.54, 1.807) is 45.2 Å². The van der Waals surface area contributed by atoms with E-state index in [0.29, 0.717) is 30.7 Å². The van der Waals surface area contributed by atoms with Crippen LogP contribution in [-0.4, -0.2) is 78.1 Å². The van der Waals surface area contributed by atoms with Gasteiger partial charge in [-0.05, 0) is 57.7 Å². The maximum absolute atomic E-state index is 14.0. The highest BCUT2D eigenvalue weighted by molar-refractivity contribution is 6.35. The van der Waals surface area contributed by atoms with E-state index in [1.165, 1.54) is 18.1 Å². The van der Waals surface area contributed by atoms with Gasteiger partial charge in [0.25, 0.3) is 0 Å². The van der Waals surface area contributed by atoms with Crippen molar-refractivity contribution in [2.75, 3.05) is 19.1 Å². The number of ether oxygens (including phenoxy) is 4. The molecule has 3 N–H and O–H groups in total. The molecule has 7 atom stereocenters. The first kappa shape index (κ1) is 35.7. The summed E-state index contributed by atoms with van der Waals surface area (Å²) < 4.78 is 23.4. The molecule has 4 bridgehead atoms. The number of anilines is 1.